The normalized spacial score (nSPS) is 29.9. The molecule has 2 N–H and O–H groups in total. The van der Waals surface area contributed by atoms with Crippen LogP contribution in [0.2, 0.25) is 0 Å². The third kappa shape index (κ3) is 2.77. The van der Waals surface area contributed by atoms with Crippen molar-refractivity contribution in [1.82, 2.24) is 10.2 Å². The summed E-state index contributed by atoms with van der Waals surface area (Å²) in [6, 6.07) is -0.0549. The van der Waals surface area contributed by atoms with Crippen molar-refractivity contribution in [3.63, 3.8) is 0 Å². The monoisotopic (exact) mass is 240 g/mol. The molecule has 2 fully saturated rings. The van der Waals surface area contributed by atoms with Crippen LogP contribution in [0.1, 0.15) is 32.1 Å². The van der Waals surface area contributed by atoms with Gasteiger partial charge in [0.1, 0.15) is 0 Å². The number of carbonyl (C=O) groups excluding carboxylic acids is 2. The Morgan fingerprint density at radius 2 is 2.24 bits per heavy atom. The van der Waals surface area contributed by atoms with Crippen molar-refractivity contribution < 1.29 is 14.7 Å². The van der Waals surface area contributed by atoms with E-state index >= 15 is 0 Å². The smallest absolute Gasteiger partial charge is 0.228 e. The molecule has 2 amide bonds. The van der Waals surface area contributed by atoms with Crippen LogP contribution in [0, 0.1) is 5.92 Å². The molecule has 0 aromatic rings. The molecule has 2 aliphatic rings. The molecule has 2 atom stereocenters. The van der Waals surface area contributed by atoms with Crippen LogP contribution in [0.25, 0.3) is 0 Å². The summed E-state index contributed by atoms with van der Waals surface area (Å²) < 4.78 is 0. The Hall–Kier alpha value is -1.10. The molecule has 5 nitrogen and oxygen atoms in total. The van der Waals surface area contributed by atoms with Crippen LogP contribution >= 0.6 is 0 Å². The van der Waals surface area contributed by atoms with Crippen molar-refractivity contribution in [1.29, 1.82) is 0 Å². The molecule has 17 heavy (non-hydrogen) atoms. The van der Waals surface area contributed by atoms with Crippen molar-refractivity contribution in [2.24, 2.45) is 5.92 Å². The minimum absolute atomic E-state index is 0.0276. The second-order valence-electron chi connectivity index (χ2n) is 4.92. The highest BCUT2D eigenvalue weighted by atomic mass is 16.3. The van der Waals surface area contributed by atoms with Crippen molar-refractivity contribution >= 4 is 11.8 Å². The van der Waals surface area contributed by atoms with Gasteiger partial charge < -0.3 is 15.3 Å². The molecule has 2 aliphatic heterocycles. The highest BCUT2D eigenvalue weighted by Gasteiger charge is 2.34. The average Bonchev–Trinajstić information content (AvgIpc) is 2.64. The van der Waals surface area contributed by atoms with Crippen molar-refractivity contribution in [3.8, 4) is 0 Å². The maximum Gasteiger partial charge on any atom is 0.228 e. The maximum atomic E-state index is 12.3. The van der Waals surface area contributed by atoms with Gasteiger partial charge in [-0.3, -0.25) is 9.59 Å². The summed E-state index contributed by atoms with van der Waals surface area (Å²) in [5.41, 5.74) is 0. The van der Waals surface area contributed by atoms with Gasteiger partial charge in [0.15, 0.2) is 0 Å². The Morgan fingerprint density at radius 3 is 2.88 bits per heavy atom. The van der Waals surface area contributed by atoms with Gasteiger partial charge in [0, 0.05) is 19.5 Å². The molecule has 0 spiro atoms. The van der Waals surface area contributed by atoms with Gasteiger partial charge in [0.05, 0.1) is 18.6 Å². The summed E-state index contributed by atoms with van der Waals surface area (Å²) in [5, 5.41) is 12.0. The van der Waals surface area contributed by atoms with Gasteiger partial charge in [-0.15, -0.1) is 0 Å². The minimum atomic E-state index is -0.227. The summed E-state index contributed by atoms with van der Waals surface area (Å²) in [5.74, 6) is -0.238. The summed E-state index contributed by atoms with van der Waals surface area (Å²) in [7, 11) is 0. The fourth-order valence-corrected chi connectivity index (χ4v) is 2.67. The molecule has 0 bridgehead atoms. The predicted octanol–water partition coefficient (Wildman–Crippen LogP) is -0.114. The summed E-state index contributed by atoms with van der Waals surface area (Å²) in [6.07, 6.45) is 4.35. The lowest BCUT2D eigenvalue weighted by atomic mass is 10.0. The van der Waals surface area contributed by atoms with E-state index in [0.717, 1.165) is 32.2 Å². The lowest BCUT2D eigenvalue weighted by Crippen LogP contribution is -2.45. The zero-order chi connectivity index (χ0) is 12.3. The zero-order valence-corrected chi connectivity index (χ0v) is 10.0. The van der Waals surface area contributed by atoms with E-state index in [0.29, 0.717) is 13.0 Å². The Morgan fingerprint density at radius 1 is 1.41 bits per heavy atom. The van der Waals surface area contributed by atoms with E-state index < -0.39 is 0 Å². The van der Waals surface area contributed by atoms with Crippen LogP contribution < -0.4 is 5.32 Å². The van der Waals surface area contributed by atoms with Crippen LogP contribution in [0.3, 0.4) is 0 Å². The van der Waals surface area contributed by atoms with Crippen molar-refractivity contribution in [2.45, 2.75) is 38.1 Å². The quantitative estimate of drug-likeness (QED) is 0.707. The number of nitrogens with zero attached hydrogens (tertiary/aromatic N) is 1. The van der Waals surface area contributed by atoms with Crippen LogP contribution in [0.15, 0.2) is 0 Å². The average molecular weight is 240 g/mol. The first kappa shape index (κ1) is 12.4. The van der Waals surface area contributed by atoms with Gasteiger partial charge in [0.2, 0.25) is 11.8 Å². The maximum absolute atomic E-state index is 12.3. The fraction of sp³-hybridized carbons (Fsp3) is 0.833. The van der Waals surface area contributed by atoms with E-state index in [1.807, 2.05) is 0 Å². The van der Waals surface area contributed by atoms with E-state index in [1.165, 1.54) is 0 Å². The number of nitrogens with one attached hydrogen (secondary N) is 1. The van der Waals surface area contributed by atoms with E-state index in [1.54, 1.807) is 4.90 Å². The van der Waals surface area contributed by atoms with E-state index in [2.05, 4.69) is 5.32 Å². The standard InChI is InChI=1S/C12H20N2O3/c15-8-10-4-2-1-3-5-14(10)12(17)9-6-11(16)13-7-9/h9-10,15H,1-8H2,(H,13,16). The van der Waals surface area contributed by atoms with Crippen LogP contribution in [-0.4, -0.2) is 47.6 Å². The van der Waals surface area contributed by atoms with E-state index in [4.69, 9.17) is 0 Å². The first-order valence-corrected chi connectivity index (χ1v) is 6.40. The number of hydrogen-bond donors (Lipinski definition) is 2. The lowest BCUT2D eigenvalue weighted by molar-refractivity contribution is -0.138. The Bertz CT molecular complexity index is 306. The molecule has 0 radical (unpaired) electrons. The molecule has 2 heterocycles. The fourth-order valence-electron chi connectivity index (χ4n) is 2.67. The molecule has 0 aliphatic carbocycles. The summed E-state index contributed by atoms with van der Waals surface area (Å²) in [4.78, 5) is 25.2. The van der Waals surface area contributed by atoms with Gasteiger partial charge in [0.25, 0.3) is 0 Å². The third-order valence-electron chi connectivity index (χ3n) is 3.70. The predicted molar refractivity (Wildman–Crippen MR) is 62.2 cm³/mol. The van der Waals surface area contributed by atoms with Crippen LogP contribution in [-0.2, 0) is 9.59 Å². The minimum Gasteiger partial charge on any atom is -0.394 e. The Balaban J connectivity index is 2.02. The number of amides is 2. The van der Waals surface area contributed by atoms with Crippen molar-refractivity contribution in [3.05, 3.63) is 0 Å². The Kier molecular flexibility index (Phi) is 3.99. The first-order valence-electron chi connectivity index (χ1n) is 6.40. The SMILES string of the molecule is O=C1CC(C(=O)N2CCCCCC2CO)CN1. The molecule has 96 valence electrons. The topological polar surface area (TPSA) is 69.6 Å². The van der Waals surface area contributed by atoms with Gasteiger partial charge >= 0.3 is 0 Å². The molecule has 0 saturated carbocycles. The Labute approximate surface area is 101 Å². The molecule has 0 aromatic carbocycles. The van der Waals surface area contributed by atoms with E-state index in [9.17, 15) is 14.7 Å². The highest BCUT2D eigenvalue weighted by Crippen LogP contribution is 2.21. The molecule has 2 saturated heterocycles. The lowest BCUT2D eigenvalue weighted by Gasteiger charge is -2.30. The largest absolute Gasteiger partial charge is 0.394 e. The molecular formula is C12H20N2O3. The summed E-state index contributed by atoms with van der Waals surface area (Å²) >= 11 is 0. The molecule has 0 aromatic heterocycles. The van der Waals surface area contributed by atoms with E-state index in [-0.39, 0.29) is 30.4 Å². The highest BCUT2D eigenvalue weighted by molar-refractivity contribution is 5.89. The number of rotatable bonds is 2. The van der Waals surface area contributed by atoms with Gasteiger partial charge in [-0.25, -0.2) is 0 Å². The summed E-state index contributed by atoms with van der Waals surface area (Å²) in [6.45, 7) is 1.20. The second kappa shape index (κ2) is 5.49. The third-order valence-corrected chi connectivity index (χ3v) is 3.70. The zero-order valence-electron chi connectivity index (χ0n) is 10.0. The number of likely N-dealkylation sites (tertiary alicyclic amines) is 1. The van der Waals surface area contributed by atoms with Crippen LogP contribution in [0.4, 0.5) is 0 Å². The molecule has 2 rings (SSSR count). The van der Waals surface area contributed by atoms with Gasteiger partial charge in [-0.05, 0) is 12.8 Å². The number of hydrogen-bond acceptors (Lipinski definition) is 3. The van der Waals surface area contributed by atoms with Crippen LogP contribution in [0.5, 0.6) is 0 Å². The molecule has 5 heteroatoms. The second-order valence-corrected chi connectivity index (χ2v) is 4.92. The number of aliphatic hydroxyl groups is 1. The van der Waals surface area contributed by atoms with Crippen molar-refractivity contribution in [2.75, 3.05) is 19.7 Å². The first-order chi connectivity index (χ1) is 8.22. The number of aliphatic hydroxyl groups excluding tert-OH is 1. The number of carbonyl (C=O) groups is 2. The van der Waals surface area contributed by atoms with Gasteiger partial charge in [-0.2, -0.15) is 0 Å². The molecule has 2 unspecified atom stereocenters. The molecular weight excluding hydrogens is 220 g/mol. The van der Waals surface area contributed by atoms with Gasteiger partial charge in [-0.1, -0.05) is 12.8 Å².